The summed E-state index contributed by atoms with van der Waals surface area (Å²) in [6.45, 7) is 5.54. The standard InChI is InChI=1S/C18H25BrN2O3/c1-11-9-15(19)10-12(2)16(11)24-13(3)17(22)20-21-18(23)14-7-5-4-6-8-14/h9-10,13-14H,4-8H2,1-3H3,(H,20,22)(H,21,23). The highest BCUT2D eigenvalue weighted by Gasteiger charge is 2.23. The van der Waals surface area contributed by atoms with Gasteiger partial charge in [-0.25, -0.2) is 0 Å². The van der Waals surface area contributed by atoms with E-state index in [1.54, 1.807) is 6.92 Å². The van der Waals surface area contributed by atoms with E-state index >= 15 is 0 Å². The predicted octanol–water partition coefficient (Wildman–Crippen LogP) is 3.56. The fourth-order valence-electron chi connectivity index (χ4n) is 3.01. The summed E-state index contributed by atoms with van der Waals surface area (Å²) in [7, 11) is 0. The van der Waals surface area contributed by atoms with E-state index in [1.165, 1.54) is 6.42 Å². The zero-order chi connectivity index (χ0) is 17.7. The Morgan fingerprint density at radius 3 is 2.29 bits per heavy atom. The van der Waals surface area contributed by atoms with Crippen molar-refractivity contribution in [3.05, 3.63) is 27.7 Å². The Hall–Kier alpha value is -1.56. The summed E-state index contributed by atoms with van der Waals surface area (Å²) in [5, 5.41) is 0. The van der Waals surface area contributed by atoms with Crippen molar-refractivity contribution in [3.63, 3.8) is 0 Å². The van der Waals surface area contributed by atoms with Crippen LogP contribution in [0.2, 0.25) is 0 Å². The summed E-state index contributed by atoms with van der Waals surface area (Å²) in [6, 6.07) is 3.88. The minimum absolute atomic E-state index is 0.00577. The second-order valence-corrected chi connectivity index (χ2v) is 7.36. The van der Waals surface area contributed by atoms with Gasteiger partial charge in [0, 0.05) is 10.4 Å². The molecule has 1 saturated carbocycles. The third-order valence-corrected chi connectivity index (χ3v) is 4.83. The van der Waals surface area contributed by atoms with Crippen molar-refractivity contribution < 1.29 is 14.3 Å². The lowest BCUT2D eigenvalue weighted by Gasteiger charge is -2.22. The van der Waals surface area contributed by atoms with Crippen molar-refractivity contribution in [1.29, 1.82) is 0 Å². The van der Waals surface area contributed by atoms with Gasteiger partial charge in [0.2, 0.25) is 5.91 Å². The van der Waals surface area contributed by atoms with E-state index in [4.69, 9.17) is 4.74 Å². The van der Waals surface area contributed by atoms with E-state index in [2.05, 4.69) is 26.8 Å². The maximum Gasteiger partial charge on any atom is 0.279 e. The van der Waals surface area contributed by atoms with Gasteiger partial charge < -0.3 is 4.74 Å². The molecule has 0 radical (unpaired) electrons. The minimum Gasteiger partial charge on any atom is -0.480 e. The average molecular weight is 397 g/mol. The average Bonchev–Trinajstić information content (AvgIpc) is 2.56. The molecule has 132 valence electrons. The van der Waals surface area contributed by atoms with Gasteiger partial charge in [0.05, 0.1) is 0 Å². The molecule has 0 saturated heterocycles. The molecule has 0 aliphatic heterocycles. The summed E-state index contributed by atoms with van der Waals surface area (Å²) in [4.78, 5) is 24.2. The largest absolute Gasteiger partial charge is 0.480 e. The van der Waals surface area contributed by atoms with Gasteiger partial charge in [-0.05, 0) is 56.9 Å². The molecule has 0 aromatic heterocycles. The normalized spacial score (nSPS) is 16.3. The van der Waals surface area contributed by atoms with Crippen LogP contribution in [-0.4, -0.2) is 17.9 Å². The monoisotopic (exact) mass is 396 g/mol. The first-order valence-electron chi connectivity index (χ1n) is 8.41. The lowest BCUT2D eigenvalue weighted by Crippen LogP contribution is -2.49. The van der Waals surface area contributed by atoms with Crippen molar-refractivity contribution in [2.24, 2.45) is 5.92 Å². The van der Waals surface area contributed by atoms with Gasteiger partial charge in [-0.15, -0.1) is 0 Å². The Morgan fingerprint density at radius 2 is 1.71 bits per heavy atom. The lowest BCUT2D eigenvalue weighted by molar-refractivity contribution is -0.134. The van der Waals surface area contributed by atoms with Crippen molar-refractivity contribution >= 4 is 27.7 Å². The third kappa shape index (κ3) is 4.97. The SMILES string of the molecule is Cc1cc(Br)cc(C)c1OC(C)C(=O)NNC(=O)C1CCCCC1. The number of aryl methyl sites for hydroxylation is 2. The molecule has 2 amide bonds. The van der Waals surface area contributed by atoms with Crippen LogP contribution in [0.3, 0.4) is 0 Å². The van der Waals surface area contributed by atoms with Crippen LogP contribution in [0.5, 0.6) is 5.75 Å². The van der Waals surface area contributed by atoms with Crippen LogP contribution >= 0.6 is 15.9 Å². The second-order valence-electron chi connectivity index (χ2n) is 6.44. The number of benzene rings is 1. The van der Waals surface area contributed by atoms with E-state index in [1.807, 2.05) is 26.0 Å². The molecule has 0 bridgehead atoms. The van der Waals surface area contributed by atoms with Crippen LogP contribution in [0.4, 0.5) is 0 Å². The van der Waals surface area contributed by atoms with Crippen LogP contribution < -0.4 is 15.6 Å². The summed E-state index contributed by atoms with van der Waals surface area (Å²) >= 11 is 3.44. The number of carbonyl (C=O) groups excluding carboxylic acids is 2. The van der Waals surface area contributed by atoms with Crippen molar-refractivity contribution in [1.82, 2.24) is 10.9 Å². The highest BCUT2D eigenvalue weighted by atomic mass is 79.9. The number of amides is 2. The number of carbonyl (C=O) groups is 2. The van der Waals surface area contributed by atoms with Gasteiger partial charge in [-0.2, -0.15) is 0 Å². The fourth-order valence-corrected chi connectivity index (χ4v) is 3.69. The molecule has 2 rings (SSSR count). The Kier molecular flexibility index (Phi) is 6.66. The first-order valence-corrected chi connectivity index (χ1v) is 9.21. The van der Waals surface area contributed by atoms with Crippen LogP contribution in [0.1, 0.15) is 50.2 Å². The van der Waals surface area contributed by atoms with E-state index < -0.39 is 6.10 Å². The van der Waals surface area contributed by atoms with Crippen LogP contribution in [0.15, 0.2) is 16.6 Å². The molecule has 2 N–H and O–H groups in total. The highest BCUT2D eigenvalue weighted by molar-refractivity contribution is 9.10. The van der Waals surface area contributed by atoms with Crippen molar-refractivity contribution in [2.75, 3.05) is 0 Å². The van der Waals surface area contributed by atoms with Gasteiger partial charge >= 0.3 is 0 Å². The molecule has 1 atom stereocenters. The molecule has 1 aliphatic carbocycles. The number of hydrogen-bond donors (Lipinski definition) is 2. The molecule has 1 aromatic carbocycles. The molecule has 0 heterocycles. The third-order valence-electron chi connectivity index (χ3n) is 4.37. The van der Waals surface area contributed by atoms with Crippen molar-refractivity contribution in [2.45, 2.75) is 59.0 Å². The van der Waals surface area contributed by atoms with Gasteiger partial charge in [0.25, 0.3) is 5.91 Å². The minimum atomic E-state index is -0.699. The first kappa shape index (κ1) is 18.8. The van der Waals surface area contributed by atoms with Gasteiger partial charge in [0.15, 0.2) is 6.10 Å². The summed E-state index contributed by atoms with van der Waals surface area (Å²) < 4.78 is 6.76. The number of hydrogen-bond acceptors (Lipinski definition) is 3. The first-order chi connectivity index (χ1) is 11.4. The fraction of sp³-hybridized carbons (Fsp3) is 0.556. The van der Waals surface area contributed by atoms with Gasteiger partial charge in [0.1, 0.15) is 5.75 Å². The molecule has 0 spiro atoms. The van der Waals surface area contributed by atoms with E-state index in [0.717, 1.165) is 41.3 Å². The zero-order valence-corrected chi connectivity index (χ0v) is 16.0. The lowest BCUT2D eigenvalue weighted by atomic mass is 9.89. The molecule has 1 fully saturated rings. The highest BCUT2D eigenvalue weighted by Crippen LogP contribution is 2.28. The van der Waals surface area contributed by atoms with Gasteiger partial charge in [-0.1, -0.05) is 35.2 Å². The van der Waals surface area contributed by atoms with Crippen LogP contribution in [0.25, 0.3) is 0 Å². The molecule has 1 aliphatic rings. The number of halogens is 1. The number of rotatable bonds is 4. The second kappa shape index (κ2) is 8.51. The predicted molar refractivity (Wildman–Crippen MR) is 96.6 cm³/mol. The molecule has 1 aromatic rings. The summed E-state index contributed by atoms with van der Waals surface area (Å²) in [6.07, 6.45) is 4.43. The Bertz CT molecular complexity index is 589. The Balaban J connectivity index is 1.87. The molecule has 1 unspecified atom stereocenters. The summed E-state index contributed by atoms with van der Waals surface area (Å²) in [5.74, 6) is 0.234. The zero-order valence-electron chi connectivity index (χ0n) is 14.4. The smallest absolute Gasteiger partial charge is 0.279 e. The topological polar surface area (TPSA) is 67.4 Å². The number of nitrogens with one attached hydrogen (secondary N) is 2. The number of ether oxygens (including phenoxy) is 1. The van der Waals surface area contributed by atoms with E-state index in [9.17, 15) is 9.59 Å². The molecule has 24 heavy (non-hydrogen) atoms. The van der Waals surface area contributed by atoms with Crippen LogP contribution in [0, 0.1) is 19.8 Å². The van der Waals surface area contributed by atoms with E-state index in [0.29, 0.717) is 5.75 Å². The quantitative estimate of drug-likeness (QED) is 0.764. The molecular formula is C18H25BrN2O3. The Labute approximate surface area is 151 Å². The molecular weight excluding hydrogens is 372 g/mol. The maximum atomic E-state index is 12.2. The van der Waals surface area contributed by atoms with Crippen LogP contribution in [-0.2, 0) is 9.59 Å². The maximum absolute atomic E-state index is 12.2. The van der Waals surface area contributed by atoms with E-state index in [-0.39, 0.29) is 17.7 Å². The summed E-state index contributed by atoms with van der Waals surface area (Å²) in [5.41, 5.74) is 6.91. The number of hydrazine groups is 1. The molecule has 6 heteroatoms. The Morgan fingerprint density at radius 1 is 1.12 bits per heavy atom. The van der Waals surface area contributed by atoms with Crippen molar-refractivity contribution in [3.8, 4) is 5.75 Å². The molecule has 5 nitrogen and oxygen atoms in total. The van der Waals surface area contributed by atoms with Gasteiger partial charge in [-0.3, -0.25) is 20.4 Å².